The van der Waals surface area contributed by atoms with Crippen molar-refractivity contribution in [1.82, 2.24) is 9.38 Å². The van der Waals surface area contributed by atoms with Gasteiger partial charge < -0.3 is 5.32 Å². The van der Waals surface area contributed by atoms with Gasteiger partial charge in [-0.3, -0.25) is 14.0 Å². The highest BCUT2D eigenvalue weighted by molar-refractivity contribution is 7.98. The molecule has 4 rings (SSSR count). The van der Waals surface area contributed by atoms with E-state index < -0.39 is 0 Å². The SMILES string of the molecule is Cc1cccn2c(=O)cc(CSc3ccccc3NC(=O)c3ccccc3Cl)nc12. The zero-order chi connectivity index (χ0) is 21.1. The van der Waals surface area contributed by atoms with Crippen LogP contribution in [-0.4, -0.2) is 15.3 Å². The Bertz CT molecular complexity index is 1300. The molecule has 2 heterocycles. The van der Waals surface area contributed by atoms with E-state index in [4.69, 9.17) is 11.6 Å². The van der Waals surface area contributed by atoms with Crippen molar-refractivity contribution in [2.75, 3.05) is 5.32 Å². The van der Waals surface area contributed by atoms with Gasteiger partial charge in [-0.1, -0.05) is 41.9 Å². The number of rotatable bonds is 5. The lowest BCUT2D eigenvalue weighted by atomic mass is 10.2. The van der Waals surface area contributed by atoms with Crippen LogP contribution in [0, 0.1) is 6.92 Å². The molecule has 0 aliphatic rings. The van der Waals surface area contributed by atoms with Crippen molar-refractivity contribution in [3.8, 4) is 0 Å². The lowest BCUT2D eigenvalue weighted by Crippen LogP contribution is -2.15. The normalized spacial score (nSPS) is 10.9. The number of nitrogens with one attached hydrogen (secondary N) is 1. The summed E-state index contributed by atoms with van der Waals surface area (Å²) in [5, 5.41) is 3.32. The summed E-state index contributed by atoms with van der Waals surface area (Å²) in [6, 6.07) is 19.7. The first-order valence-corrected chi connectivity index (χ1v) is 10.6. The van der Waals surface area contributed by atoms with Crippen LogP contribution in [0.3, 0.4) is 0 Å². The quantitative estimate of drug-likeness (QED) is 0.437. The molecule has 0 atom stereocenters. The third-order valence-electron chi connectivity index (χ3n) is 4.57. The highest BCUT2D eigenvalue weighted by Crippen LogP contribution is 2.30. The Hall–Kier alpha value is -3.09. The summed E-state index contributed by atoms with van der Waals surface area (Å²) >= 11 is 7.64. The molecule has 0 bridgehead atoms. The van der Waals surface area contributed by atoms with Crippen LogP contribution in [0.5, 0.6) is 0 Å². The van der Waals surface area contributed by atoms with Gasteiger partial charge in [0.15, 0.2) is 0 Å². The molecular formula is C23H18ClN3O2S. The van der Waals surface area contributed by atoms with E-state index in [1.54, 1.807) is 40.9 Å². The Morgan fingerprint density at radius 1 is 1.10 bits per heavy atom. The summed E-state index contributed by atoms with van der Waals surface area (Å²) in [6.45, 7) is 1.93. The summed E-state index contributed by atoms with van der Waals surface area (Å²) in [6.07, 6.45) is 1.72. The number of carbonyl (C=O) groups is 1. The van der Waals surface area contributed by atoms with E-state index in [1.807, 2.05) is 43.3 Å². The number of carbonyl (C=O) groups excluding carboxylic acids is 1. The van der Waals surface area contributed by atoms with E-state index >= 15 is 0 Å². The van der Waals surface area contributed by atoms with Crippen LogP contribution in [0.1, 0.15) is 21.6 Å². The van der Waals surface area contributed by atoms with Crippen LogP contribution in [0.2, 0.25) is 5.02 Å². The zero-order valence-electron chi connectivity index (χ0n) is 16.1. The smallest absolute Gasteiger partial charge is 0.258 e. The molecule has 0 radical (unpaired) electrons. The van der Waals surface area contributed by atoms with Crippen molar-refractivity contribution in [3.05, 3.63) is 105 Å². The molecule has 1 amide bonds. The van der Waals surface area contributed by atoms with Crippen LogP contribution >= 0.6 is 23.4 Å². The second kappa shape index (κ2) is 8.73. The minimum atomic E-state index is -0.272. The van der Waals surface area contributed by atoms with Gasteiger partial charge in [0.1, 0.15) is 5.65 Å². The molecule has 0 saturated heterocycles. The number of pyridine rings is 1. The molecule has 0 aliphatic heterocycles. The van der Waals surface area contributed by atoms with Gasteiger partial charge in [-0.25, -0.2) is 4.98 Å². The Morgan fingerprint density at radius 3 is 2.70 bits per heavy atom. The summed E-state index contributed by atoms with van der Waals surface area (Å²) in [7, 11) is 0. The van der Waals surface area contributed by atoms with Crippen LogP contribution in [0.4, 0.5) is 5.69 Å². The van der Waals surface area contributed by atoms with Crippen molar-refractivity contribution in [3.63, 3.8) is 0 Å². The fraction of sp³-hybridized carbons (Fsp3) is 0.0870. The number of para-hydroxylation sites is 1. The number of fused-ring (bicyclic) bond motifs is 1. The van der Waals surface area contributed by atoms with Crippen LogP contribution < -0.4 is 10.9 Å². The van der Waals surface area contributed by atoms with E-state index in [2.05, 4.69) is 10.3 Å². The van der Waals surface area contributed by atoms with Gasteiger partial charge in [-0.05, 0) is 42.8 Å². The van der Waals surface area contributed by atoms with Crippen LogP contribution in [0.15, 0.2) is 82.6 Å². The molecule has 1 N–H and O–H groups in total. The number of aromatic nitrogens is 2. The first kappa shape index (κ1) is 20.2. The molecule has 30 heavy (non-hydrogen) atoms. The van der Waals surface area contributed by atoms with Gasteiger partial charge in [0.2, 0.25) is 0 Å². The maximum Gasteiger partial charge on any atom is 0.258 e. The molecule has 0 saturated carbocycles. The molecule has 2 aromatic carbocycles. The van der Waals surface area contributed by atoms with Crippen molar-refractivity contribution in [1.29, 1.82) is 0 Å². The van der Waals surface area contributed by atoms with Crippen LogP contribution in [-0.2, 0) is 5.75 Å². The van der Waals surface area contributed by atoms with Gasteiger partial charge in [0.25, 0.3) is 11.5 Å². The number of benzene rings is 2. The second-order valence-corrected chi connectivity index (χ2v) is 8.11. The Balaban J connectivity index is 1.56. The highest BCUT2D eigenvalue weighted by atomic mass is 35.5. The average molecular weight is 436 g/mol. The first-order chi connectivity index (χ1) is 14.5. The van der Waals surface area contributed by atoms with E-state index in [1.165, 1.54) is 11.8 Å². The second-order valence-electron chi connectivity index (χ2n) is 6.69. The Labute approximate surface area is 182 Å². The fourth-order valence-electron chi connectivity index (χ4n) is 3.07. The van der Waals surface area contributed by atoms with Gasteiger partial charge >= 0.3 is 0 Å². The average Bonchev–Trinajstić information content (AvgIpc) is 2.74. The number of halogens is 1. The van der Waals surface area contributed by atoms with Crippen LogP contribution in [0.25, 0.3) is 5.65 Å². The third-order valence-corrected chi connectivity index (χ3v) is 6.01. The summed E-state index contributed by atoms with van der Waals surface area (Å²) in [5.74, 6) is 0.227. The minimum absolute atomic E-state index is 0.111. The van der Waals surface area contributed by atoms with Crippen molar-refractivity contribution in [2.45, 2.75) is 17.6 Å². The molecule has 0 spiro atoms. The molecule has 5 nitrogen and oxygen atoms in total. The number of aryl methyl sites for hydroxylation is 1. The molecule has 2 aromatic heterocycles. The molecule has 4 aromatic rings. The maximum absolute atomic E-state index is 12.6. The van der Waals surface area contributed by atoms with Gasteiger partial charge in [0.05, 0.1) is 22.0 Å². The lowest BCUT2D eigenvalue weighted by molar-refractivity contribution is 0.102. The predicted molar refractivity (Wildman–Crippen MR) is 122 cm³/mol. The summed E-state index contributed by atoms with van der Waals surface area (Å²) < 4.78 is 1.54. The molecule has 150 valence electrons. The van der Waals surface area contributed by atoms with Gasteiger partial charge in [0, 0.05) is 22.9 Å². The van der Waals surface area contributed by atoms with Crippen molar-refractivity contribution in [2.24, 2.45) is 0 Å². The van der Waals surface area contributed by atoms with Crippen molar-refractivity contribution < 1.29 is 4.79 Å². The standard InChI is InChI=1S/C23H18ClN3O2S/c1-15-7-6-12-27-21(28)13-16(25-22(15)27)14-30-20-11-5-4-10-19(20)26-23(29)17-8-2-3-9-18(17)24/h2-13H,14H2,1H3,(H,26,29). The third kappa shape index (κ3) is 4.25. The molecular weight excluding hydrogens is 418 g/mol. The number of hydrogen-bond acceptors (Lipinski definition) is 4. The fourth-order valence-corrected chi connectivity index (χ4v) is 4.19. The number of hydrogen-bond donors (Lipinski definition) is 1. The number of amides is 1. The molecule has 0 fully saturated rings. The predicted octanol–water partition coefficient (Wildman–Crippen LogP) is 5.20. The monoisotopic (exact) mass is 435 g/mol. The van der Waals surface area contributed by atoms with E-state index in [0.29, 0.717) is 33.4 Å². The van der Waals surface area contributed by atoms with Crippen molar-refractivity contribution >= 4 is 40.6 Å². The first-order valence-electron chi connectivity index (χ1n) is 9.28. The highest BCUT2D eigenvalue weighted by Gasteiger charge is 2.13. The number of anilines is 1. The summed E-state index contributed by atoms with van der Waals surface area (Å²) in [5.41, 5.74) is 3.26. The molecule has 0 unspecified atom stereocenters. The summed E-state index contributed by atoms with van der Waals surface area (Å²) in [4.78, 5) is 30.6. The zero-order valence-corrected chi connectivity index (χ0v) is 17.7. The lowest BCUT2D eigenvalue weighted by Gasteiger charge is -2.12. The van der Waals surface area contributed by atoms with E-state index in [0.717, 1.165) is 10.5 Å². The Morgan fingerprint density at radius 2 is 1.87 bits per heavy atom. The topological polar surface area (TPSA) is 63.5 Å². The maximum atomic E-state index is 12.6. The van der Waals surface area contributed by atoms with Gasteiger partial charge in [-0.15, -0.1) is 11.8 Å². The largest absolute Gasteiger partial charge is 0.321 e. The Kier molecular flexibility index (Phi) is 5.88. The van der Waals surface area contributed by atoms with E-state index in [-0.39, 0.29) is 11.5 Å². The molecule has 0 aliphatic carbocycles. The number of nitrogens with zero attached hydrogens (tertiary/aromatic N) is 2. The van der Waals surface area contributed by atoms with E-state index in [9.17, 15) is 9.59 Å². The van der Waals surface area contributed by atoms with Gasteiger partial charge in [-0.2, -0.15) is 0 Å². The number of thioether (sulfide) groups is 1. The molecule has 7 heteroatoms. The minimum Gasteiger partial charge on any atom is -0.321 e.